The maximum atomic E-state index is 12.0. The third-order valence-electron chi connectivity index (χ3n) is 3.09. The second-order valence-electron chi connectivity index (χ2n) is 4.35. The Hall–Kier alpha value is -2.13. The van der Waals surface area contributed by atoms with Crippen LogP contribution in [-0.4, -0.2) is 10.9 Å². The summed E-state index contributed by atoms with van der Waals surface area (Å²) in [7, 11) is 0. The number of rotatable bonds is 1. The molecule has 0 spiro atoms. The van der Waals surface area contributed by atoms with Gasteiger partial charge in [-0.2, -0.15) is 0 Å². The lowest BCUT2D eigenvalue weighted by molar-refractivity contribution is -0.147. The van der Waals surface area contributed by atoms with Crippen molar-refractivity contribution in [3.8, 4) is 5.75 Å². The largest absolute Gasteiger partial charge is 0.457 e. The van der Waals surface area contributed by atoms with Crippen molar-refractivity contribution in [2.75, 3.05) is 0 Å². The van der Waals surface area contributed by atoms with Gasteiger partial charge in [0.1, 0.15) is 5.75 Å². The normalized spacial score (nSPS) is 22.2. The summed E-state index contributed by atoms with van der Waals surface area (Å²) in [6, 6.07) is 15.9. The number of hydrogen-bond donors (Lipinski definition) is 1. The lowest BCUT2D eigenvalue weighted by atomic mass is 9.93. The predicted octanol–water partition coefficient (Wildman–Crippen LogP) is 2.50. The average molecular weight is 240 g/mol. The number of hydrogen-bond acceptors (Lipinski definition) is 3. The zero-order valence-electron chi connectivity index (χ0n) is 9.67. The lowest BCUT2D eigenvalue weighted by Gasteiger charge is -2.33. The molecule has 0 saturated carbocycles. The van der Waals surface area contributed by atoms with Crippen LogP contribution in [0, 0.1) is 0 Å². The summed E-state index contributed by atoms with van der Waals surface area (Å²) in [4.78, 5) is 12.0. The van der Waals surface area contributed by atoms with Gasteiger partial charge in [0.2, 0.25) is 5.79 Å². The first-order chi connectivity index (χ1) is 8.69. The van der Waals surface area contributed by atoms with Gasteiger partial charge in [-0.3, -0.25) is 4.79 Å². The van der Waals surface area contributed by atoms with Crippen molar-refractivity contribution in [3.63, 3.8) is 0 Å². The summed E-state index contributed by atoms with van der Waals surface area (Å²) in [6.45, 7) is 0. The van der Waals surface area contributed by atoms with Crippen LogP contribution in [0.15, 0.2) is 54.6 Å². The number of aliphatic hydroxyl groups is 1. The van der Waals surface area contributed by atoms with E-state index in [0.29, 0.717) is 16.9 Å². The highest BCUT2D eigenvalue weighted by Gasteiger charge is 2.40. The highest BCUT2D eigenvalue weighted by molar-refractivity contribution is 6.00. The molecule has 1 atom stereocenters. The number of benzene rings is 2. The number of fused-ring (bicyclic) bond motifs is 1. The fourth-order valence-electron chi connectivity index (χ4n) is 2.18. The molecule has 3 rings (SSSR count). The summed E-state index contributed by atoms with van der Waals surface area (Å²) < 4.78 is 5.61. The average Bonchev–Trinajstić information content (AvgIpc) is 2.40. The molecule has 0 aromatic heterocycles. The second-order valence-corrected chi connectivity index (χ2v) is 4.35. The van der Waals surface area contributed by atoms with Gasteiger partial charge in [0.15, 0.2) is 5.78 Å². The Balaban J connectivity index is 2.06. The molecule has 3 nitrogen and oxygen atoms in total. The van der Waals surface area contributed by atoms with Crippen molar-refractivity contribution < 1.29 is 14.6 Å². The van der Waals surface area contributed by atoms with Crippen LogP contribution in [0.5, 0.6) is 5.75 Å². The van der Waals surface area contributed by atoms with Gasteiger partial charge in [-0.05, 0) is 12.1 Å². The molecule has 1 N–H and O–H groups in total. The zero-order chi connectivity index (χ0) is 12.6. The minimum atomic E-state index is -1.56. The molecule has 1 heterocycles. The molecule has 0 fully saturated rings. The van der Waals surface area contributed by atoms with Crippen LogP contribution in [0.1, 0.15) is 22.3 Å². The Bertz CT molecular complexity index is 592. The van der Waals surface area contributed by atoms with Crippen molar-refractivity contribution >= 4 is 5.78 Å². The molecule has 0 radical (unpaired) electrons. The van der Waals surface area contributed by atoms with Gasteiger partial charge in [0, 0.05) is 5.56 Å². The van der Waals surface area contributed by atoms with Crippen LogP contribution in [0.3, 0.4) is 0 Å². The Morgan fingerprint density at radius 3 is 2.44 bits per heavy atom. The Morgan fingerprint density at radius 1 is 1.00 bits per heavy atom. The topological polar surface area (TPSA) is 46.5 Å². The van der Waals surface area contributed by atoms with Crippen molar-refractivity contribution in [2.45, 2.75) is 12.2 Å². The highest BCUT2D eigenvalue weighted by atomic mass is 16.6. The first-order valence-electron chi connectivity index (χ1n) is 5.78. The summed E-state index contributed by atoms with van der Waals surface area (Å²) >= 11 is 0. The fraction of sp³-hybridized carbons (Fsp3) is 0.133. The third-order valence-corrected chi connectivity index (χ3v) is 3.09. The Morgan fingerprint density at radius 2 is 1.67 bits per heavy atom. The third kappa shape index (κ3) is 1.69. The van der Waals surface area contributed by atoms with E-state index in [1.807, 2.05) is 18.2 Å². The Kier molecular flexibility index (Phi) is 2.42. The van der Waals surface area contributed by atoms with Crippen LogP contribution in [0.2, 0.25) is 0 Å². The van der Waals surface area contributed by atoms with E-state index >= 15 is 0 Å². The highest BCUT2D eigenvalue weighted by Crippen LogP contribution is 2.37. The number of ether oxygens (including phenoxy) is 1. The SMILES string of the molecule is O=C1C[C@@](O)(c2ccccc2)Oc2ccccc21. The minimum absolute atomic E-state index is 0.0615. The molecule has 1 aliphatic heterocycles. The summed E-state index contributed by atoms with van der Waals surface area (Å²) in [6.07, 6.45) is -0.0615. The fourth-order valence-corrected chi connectivity index (χ4v) is 2.18. The zero-order valence-corrected chi connectivity index (χ0v) is 9.67. The number of carbonyl (C=O) groups excluding carboxylic acids is 1. The lowest BCUT2D eigenvalue weighted by Crippen LogP contribution is -2.39. The number of ketones is 1. The monoisotopic (exact) mass is 240 g/mol. The number of para-hydroxylation sites is 1. The first-order valence-corrected chi connectivity index (χ1v) is 5.78. The van der Waals surface area contributed by atoms with Crippen LogP contribution < -0.4 is 4.74 Å². The van der Waals surface area contributed by atoms with E-state index in [9.17, 15) is 9.90 Å². The standard InChI is InChI=1S/C15H12O3/c16-13-10-15(17,11-6-2-1-3-7-11)18-14-9-5-4-8-12(13)14/h1-9,17H,10H2/t15-/m0/s1. The molecule has 0 saturated heterocycles. The van der Waals surface area contributed by atoms with Crippen LogP contribution in [0.4, 0.5) is 0 Å². The second kappa shape index (κ2) is 3.96. The predicted molar refractivity (Wildman–Crippen MR) is 66.4 cm³/mol. The van der Waals surface area contributed by atoms with E-state index in [1.54, 1.807) is 36.4 Å². The molecule has 0 amide bonds. The molecule has 18 heavy (non-hydrogen) atoms. The van der Waals surface area contributed by atoms with E-state index in [1.165, 1.54) is 0 Å². The molecule has 0 aliphatic carbocycles. The smallest absolute Gasteiger partial charge is 0.242 e. The number of carbonyl (C=O) groups is 1. The van der Waals surface area contributed by atoms with Gasteiger partial charge in [-0.1, -0.05) is 42.5 Å². The van der Waals surface area contributed by atoms with Crippen molar-refractivity contribution in [1.29, 1.82) is 0 Å². The summed E-state index contributed by atoms with van der Waals surface area (Å²) in [5, 5.41) is 10.5. The van der Waals surface area contributed by atoms with E-state index in [-0.39, 0.29) is 12.2 Å². The molecular weight excluding hydrogens is 228 g/mol. The van der Waals surface area contributed by atoms with Gasteiger partial charge in [-0.25, -0.2) is 0 Å². The maximum absolute atomic E-state index is 12.0. The molecule has 2 aromatic carbocycles. The molecule has 1 aliphatic rings. The van der Waals surface area contributed by atoms with Crippen molar-refractivity contribution in [2.24, 2.45) is 0 Å². The summed E-state index contributed by atoms with van der Waals surface area (Å²) in [5.41, 5.74) is 1.12. The van der Waals surface area contributed by atoms with Gasteiger partial charge in [-0.15, -0.1) is 0 Å². The molecule has 0 bridgehead atoms. The maximum Gasteiger partial charge on any atom is 0.242 e. The molecule has 0 unspecified atom stereocenters. The van der Waals surface area contributed by atoms with Crippen LogP contribution >= 0.6 is 0 Å². The van der Waals surface area contributed by atoms with E-state index in [0.717, 1.165) is 0 Å². The molecule has 3 heteroatoms. The van der Waals surface area contributed by atoms with Crippen LogP contribution in [0.25, 0.3) is 0 Å². The Labute approximate surface area is 105 Å². The van der Waals surface area contributed by atoms with Gasteiger partial charge in [0.05, 0.1) is 12.0 Å². The van der Waals surface area contributed by atoms with Gasteiger partial charge in [0.25, 0.3) is 0 Å². The first kappa shape index (κ1) is 11.0. The molecule has 2 aromatic rings. The van der Waals surface area contributed by atoms with E-state index < -0.39 is 5.79 Å². The molecular formula is C15H12O3. The molecule has 90 valence electrons. The quantitative estimate of drug-likeness (QED) is 0.833. The van der Waals surface area contributed by atoms with Crippen molar-refractivity contribution in [3.05, 3.63) is 65.7 Å². The van der Waals surface area contributed by atoms with Gasteiger partial charge < -0.3 is 9.84 Å². The minimum Gasteiger partial charge on any atom is -0.457 e. The van der Waals surface area contributed by atoms with E-state index in [2.05, 4.69) is 0 Å². The van der Waals surface area contributed by atoms with E-state index in [4.69, 9.17) is 4.74 Å². The van der Waals surface area contributed by atoms with Crippen LogP contribution in [-0.2, 0) is 5.79 Å². The van der Waals surface area contributed by atoms with Crippen molar-refractivity contribution in [1.82, 2.24) is 0 Å². The summed E-state index contributed by atoms with van der Waals surface area (Å²) in [5.74, 6) is -1.24. The van der Waals surface area contributed by atoms with Gasteiger partial charge >= 0.3 is 0 Å². The number of Topliss-reactive ketones (excluding diaryl/α,β-unsaturated/α-hetero) is 1.